The van der Waals surface area contributed by atoms with Crippen LogP contribution < -0.4 is 15.8 Å². The van der Waals surface area contributed by atoms with Crippen molar-refractivity contribution in [2.75, 3.05) is 19.7 Å². The number of piperidine rings is 1. The van der Waals surface area contributed by atoms with Gasteiger partial charge in [0.1, 0.15) is 0 Å². The number of rotatable bonds is 7. The zero-order valence-electron chi connectivity index (χ0n) is 18.8. The predicted molar refractivity (Wildman–Crippen MR) is 134 cm³/mol. The Morgan fingerprint density at radius 1 is 0.939 bits per heavy atom. The summed E-state index contributed by atoms with van der Waals surface area (Å²) in [6.45, 7) is 3.42. The molecule has 5 nitrogen and oxygen atoms in total. The fourth-order valence-corrected chi connectivity index (χ4v) is 4.54. The molecule has 1 aliphatic heterocycles. The third-order valence-corrected chi connectivity index (χ3v) is 6.48. The number of fused-ring (bicyclic) bond motifs is 1. The highest BCUT2D eigenvalue weighted by molar-refractivity contribution is 5.93. The van der Waals surface area contributed by atoms with E-state index in [2.05, 4.69) is 64.9 Å². The number of benzene rings is 2. The summed E-state index contributed by atoms with van der Waals surface area (Å²) >= 11 is 0. The van der Waals surface area contributed by atoms with Crippen LogP contribution in [0.1, 0.15) is 24.8 Å². The maximum atomic E-state index is 6.20. The summed E-state index contributed by atoms with van der Waals surface area (Å²) < 4.78 is 6.20. The van der Waals surface area contributed by atoms with Crippen molar-refractivity contribution in [3.05, 3.63) is 78.5 Å². The summed E-state index contributed by atoms with van der Waals surface area (Å²) in [5, 5.41) is 4.37. The van der Waals surface area contributed by atoms with E-state index < -0.39 is 0 Å². The first-order valence-electron chi connectivity index (χ1n) is 11.8. The highest BCUT2D eigenvalue weighted by Gasteiger charge is 2.16. The van der Waals surface area contributed by atoms with Gasteiger partial charge in [0.25, 0.3) is 0 Å². The molecule has 3 heterocycles. The van der Waals surface area contributed by atoms with Crippen LogP contribution in [0.2, 0.25) is 0 Å². The van der Waals surface area contributed by atoms with Crippen LogP contribution in [0.5, 0.6) is 5.88 Å². The van der Waals surface area contributed by atoms with Crippen molar-refractivity contribution >= 4 is 10.9 Å². The van der Waals surface area contributed by atoms with Gasteiger partial charge in [0.2, 0.25) is 5.88 Å². The number of hydrogen-bond acceptors (Lipinski definition) is 5. The van der Waals surface area contributed by atoms with E-state index in [0.717, 1.165) is 64.3 Å². The van der Waals surface area contributed by atoms with Crippen molar-refractivity contribution < 1.29 is 4.74 Å². The van der Waals surface area contributed by atoms with Crippen molar-refractivity contribution in [1.29, 1.82) is 0 Å². The number of pyridine rings is 2. The van der Waals surface area contributed by atoms with Gasteiger partial charge in [-0.2, -0.15) is 0 Å². The summed E-state index contributed by atoms with van der Waals surface area (Å²) in [7, 11) is 0. The van der Waals surface area contributed by atoms with E-state index in [-0.39, 0.29) is 0 Å². The summed E-state index contributed by atoms with van der Waals surface area (Å²) in [6, 6.07) is 22.9. The Labute approximate surface area is 195 Å². The standard InChI is InChI=1S/C28H30N4O/c29-19-21-6-8-23(9-7-21)27-24(22-4-2-1-3-5-22)18-25-26(32-27)12-16-31-28(25)33-17-13-20-10-14-30-15-11-20/h1-9,12,16,18,20,30H,10-11,13-15,17,19,29H2. The molecule has 0 amide bonds. The Morgan fingerprint density at radius 3 is 2.48 bits per heavy atom. The second kappa shape index (κ2) is 10.1. The molecule has 3 N–H and O–H groups in total. The summed E-state index contributed by atoms with van der Waals surface area (Å²) in [5.74, 6) is 1.39. The van der Waals surface area contributed by atoms with Crippen LogP contribution in [-0.4, -0.2) is 29.7 Å². The molecule has 2 aromatic carbocycles. The highest BCUT2D eigenvalue weighted by atomic mass is 16.5. The predicted octanol–water partition coefficient (Wildman–Crippen LogP) is 5.19. The van der Waals surface area contributed by atoms with Gasteiger partial charge < -0.3 is 15.8 Å². The molecule has 0 spiro atoms. The molecule has 0 bridgehead atoms. The maximum Gasteiger partial charge on any atom is 0.222 e. The van der Waals surface area contributed by atoms with Crippen molar-refractivity contribution in [2.24, 2.45) is 11.7 Å². The van der Waals surface area contributed by atoms with E-state index in [1.807, 2.05) is 12.1 Å². The molecule has 5 rings (SSSR count). The normalized spacial score (nSPS) is 14.5. The average Bonchev–Trinajstić information content (AvgIpc) is 2.89. The number of nitrogens with one attached hydrogen (secondary N) is 1. The second-order valence-corrected chi connectivity index (χ2v) is 8.66. The molecule has 0 atom stereocenters. The molecule has 168 valence electrons. The summed E-state index contributed by atoms with van der Waals surface area (Å²) in [5.41, 5.74) is 12.0. The fraction of sp³-hybridized carbons (Fsp3) is 0.286. The lowest BCUT2D eigenvalue weighted by atomic mass is 9.95. The topological polar surface area (TPSA) is 73.1 Å². The van der Waals surface area contributed by atoms with E-state index in [4.69, 9.17) is 15.5 Å². The van der Waals surface area contributed by atoms with E-state index in [9.17, 15) is 0 Å². The minimum absolute atomic E-state index is 0.528. The average molecular weight is 439 g/mol. The molecule has 4 aromatic rings. The Hall–Kier alpha value is -3.28. The lowest BCUT2D eigenvalue weighted by Gasteiger charge is -2.22. The Morgan fingerprint density at radius 2 is 1.73 bits per heavy atom. The van der Waals surface area contributed by atoms with Gasteiger partial charge in [-0.1, -0.05) is 54.6 Å². The molecule has 33 heavy (non-hydrogen) atoms. The van der Waals surface area contributed by atoms with Gasteiger partial charge in [0.05, 0.1) is 23.2 Å². The van der Waals surface area contributed by atoms with Crippen LogP contribution in [0.25, 0.3) is 33.3 Å². The number of ether oxygens (including phenoxy) is 1. The molecule has 1 saturated heterocycles. The molecular weight excluding hydrogens is 408 g/mol. The molecule has 1 fully saturated rings. The van der Waals surface area contributed by atoms with Gasteiger partial charge in [-0.15, -0.1) is 0 Å². The van der Waals surface area contributed by atoms with Crippen molar-refractivity contribution in [3.8, 4) is 28.3 Å². The molecular formula is C28H30N4O. The number of aromatic nitrogens is 2. The van der Waals surface area contributed by atoms with Gasteiger partial charge in [0, 0.05) is 23.9 Å². The zero-order chi connectivity index (χ0) is 22.5. The van der Waals surface area contributed by atoms with Gasteiger partial charge in [-0.3, -0.25) is 0 Å². The van der Waals surface area contributed by atoms with Gasteiger partial charge in [0.15, 0.2) is 0 Å². The minimum Gasteiger partial charge on any atom is -0.477 e. The smallest absolute Gasteiger partial charge is 0.222 e. The molecule has 0 unspecified atom stereocenters. The molecule has 0 radical (unpaired) electrons. The Balaban J connectivity index is 1.52. The molecule has 0 aliphatic carbocycles. The molecule has 0 saturated carbocycles. The first-order valence-corrected chi connectivity index (χ1v) is 11.8. The maximum absolute atomic E-state index is 6.20. The lowest BCUT2D eigenvalue weighted by molar-refractivity contribution is 0.247. The van der Waals surface area contributed by atoms with Crippen LogP contribution in [0.4, 0.5) is 0 Å². The molecule has 5 heteroatoms. The van der Waals surface area contributed by atoms with Crippen LogP contribution in [0.15, 0.2) is 72.9 Å². The van der Waals surface area contributed by atoms with Crippen molar-refractivity contribution in [2.45, 2.75) is 25.8 Å². The van der Waals surface area contributed by atoms with Crippen LogP contribution >= 0.6 is 0 Å². The molecule has 2 aromatic heterocycles. The van der Waals surface area contributed by atoms with E-state index in [1.54, 1.807) is 6.20 Å². The summed E-state index contributed by atoms with van der Waals surface area (Å²) in [4.78, 5) is 9.64. The Bertz CT molecular complexity index is 1200. The fourth-order valence-electron chi connectivity index (χ4n) is 4.54. The van der Waals surface area contributed by atoms with E-state index >= 15 is 0 Å². The SMILES string of the molecule is NCc1ccc(-c2nc3ccnc(OCCC4CCNCC4)c3cc2-c2ccccc2)cc1. The third-order valence-electron chi connectivity index (χ3n) is 6.48. The zero-order valence-corrected chi connectivity index (χ0v) is 18.8. The first-order chi connectivity index (χ1) is 16.3. The third kappa shape index (κ3) is 4.90. The number of nitrogens with zero attached hydrogens (tertiary/aromatic N) is 2. The van der Waals surface area contributed by atoms with E-state index in [0.29, 0.717) is 19.0 Å². The second-order valence-electron chi connectivity index (χ2n) is 8.66. The Kier molecular flexibility index (Phi) is 6.61. The van der Waals surface area contributed by atoms with Crippen LogP contribution in [0.3, 0.4) is 0 Å². The summed E-state index contributed by atoms with van der Waals surface area (Å²) in [6.07, 6.45) is 5.29. The van der Waals surface area contributed by atoms with Gasteiger partial charge in [-0.25, -0.2) is 9.97 Å². The highest BCUT2D eigenvalue weighted by Crippen LogP contribution is 2.35. The van der Waals surface area contributed by atoms with Gasteiger partial charge in [-0.05, 0) is 61.5 Å². The van der Waals surface area contributed by atoms with Gasteiger partial charge >= 0.3 is 0 Å². The van der Waals surface area contributed by atoms with E-state index in [1.165, 1.54) is 12.8 Å². The number of hydrogen-bond donors (Lipinski definition) is 2. The monoisotopic (exact) mass is 438 g/mol. The quantitative estimate of drug-likeness (QED) is 0.415. The minimum atomic E-state index is 0.528. The van der Waals surface area contributed by atoms with Crippen LogP contribution in [0, 0.1) is 5.92 Å². The lowest BCUT2D eigenvalue weighted by Crippen LogP contribution is -2.28. The molecule has 1 aliphatic rings. The largest absolute Gasteiger partial charge is 0.477 e. The number of nitrogens with two attached hydrogens (primary N) is 1. The van der Waals surface area contributed by atoms with Crippen molar-refractivity contribution in [3.63, 3.8) is 0 Å². The first kappa shape index (κ1) is 21.6. The van der Waals surface area contributed by atoms with Crippen LogP contribution in [-0.2, 0) is 6.54 Å². The van der Waals surface area contributed by atoms with Crippen molar-refractivity contribution in [1.82, 2.24) is 15.3 Å².